The van der Waals surface area contributed by atoms with Gasteiger partial charge in [-0.25, -0.2) is 4.98 Å². The molecule has 1 aliphatic rings. The quantitative estimate of drug-likeness (QED) is 0.694. The van der Waals surface area contributed by atoms with Crippen LogP contribution < -0.4 is 0 Å². The van der Waals surface area contributed by atoms with Crippen molar-refractivity contribution >= 4 is 5.91 Å². The van der Waals surface area contributed by atoms with Crippen LogP contribution in [0.5, 0.6) is 0 Å². The molecule has 0 saturated carbocycles. The third-order valence-electron chi connectivity index (χ3n) is 4.96. The van der Waals surface area contributed by atoms with Crippen molar-refractivity contribution in [2.45, 2.75) is 25.8 Å². The monoisotopic (exact) mass is 345 g/mol. The van der Waals surface area contributed by atoms with Crippen LogP contribution in [0.2, 0.25) is 0 Å². The van der Waals surface area contributed by atoms with Crippen LogP contribution in [0.1, 0.15) is 19.3 Å². The van der Waals surface area contributed by atoms with Gasteiger partial charge in [-0.05, 0) is 12.8 Å². The Labute approximate surface area is 154 Å². The first-order valence-electron chi connectivity index (χ1n) is 9.26. The van der Waals surface area contributed by atoms with E-state index in [0.717, 1.165) is 48.4 Å². The van der Waals surface area contributed by atoms with Crippen LogP contribution in [0.3, 0.4) is 0 Å². The van der Waals surface area contributed by atoms with Crippen molar-refractivity contribution in [3.05, 3.63) is 67.0 Å². The summed E-state index contributed by atoms with van der Waals surface area (Å²) in [7, 11) is 0. The molecule has 0 spiro atoms. The Morgan fingerprint density at radius 1 is 0.885 bits per heavy atom. The summed E-state index contributed by atoms with van der Waals surface area (Å²) in [5.74, 6) is 0.247. The molecule has 2 heterocycles. The largest absolute Gasteiger partial charge is 0.343 e. The summed E-state index contributed by atoms with van der Waals surface area (Å²) < 4.78 is 2.12. The minimum Gasteiger partial charge on any atom is -0.343 e. The Morgan fingerprint density at radius 3 is 2.15 bits per heavy atom. The van der Waals surface area contributed by atoms with Crippen molar-refractivity contribution in [2.75, 3.05) is 13.1 Å². The first-order valence-corrected chi connectivity index (χ1v) is 9.26. The van der Waals surface area contributed by atoms with Crippen molar-refractivity contribution in [3.63, 3.8) is 0 Å². The summed E-state index contributed by atoms with van der Waals surface area (Å²) in [5, 5.41) is 0. The lowest BCUT2D eigenvalue weighted by molar-refractivity contribution is -0.130. The number of likely N-dealkylation sites (tertiary alicyclic amines) is 1. The third kappa shape index (κ3) is 3.40. The van der Waals surface area contributed by atoms with Crippen LogP contribution in [-0.2, 0) is 11.3 Å². The second-order valence-corrected chi connectivity index (χ2v) is 6.71. The molecule has 1 amide bonds. The second-order valence-electron chi connectivity index (χ2n) is 6.71. The Bertz CT molecular complexity index is 865. The molecule has 1 aliphatic heterocycles. The molecule has 0 unspecified atom stereocenters. The van der Waals surface area contributed by atoms with Gasteiger partial charge in [0.2, 0.25) is 5.91 Å². The highest BCUT2D eigenvalue weighted by atomic mass is 16.2. The number of carbonyl (C=O) groups excluding carboxylic acids is 1. The number of aryl methyl sites for hydroxylation is 1. The number of aromatic nitrogens is 2. The molecule has 0 radical (unpaired) electrons. The maximum Gasteiger partial charge on any atom is 0.224 e. The molecule has 0 bridgehead atoms. The smallest absolute Gasteiger partial charge is 0.224 e. The molecule has 26 heavy (non-hydrogen) atoms. The van der Waals surface area contributed by atoms with Crippen LogP contribution in [0.15, 0.2) is 67.0 Å². The minimum atomic E-state index is 0.247. The molecule has 4 nitrogen and oxygen atoms in total. The fraction of sp³-hybridized carbons (Fsp3) is 0.273. The lowest BCUT2D eigenvalue weighted by atomic mass is 10.0. The van der Waals surface area contributed by atoms with Gasteiger partial charge >= 0.3 is 0 Å². The van der Waals surface area contributed by atoms with Crippen LogP contribution >= 0.6 is 0 Å². The minimum absolute atomic E-state index is 0.247. The molecule has 1 fully saturated rings. The van der Waals surface area contributed by atoms with Gasteiger partial charge in [-0.2, -0.15) is 0 Å². The van der Waals surface area contributed by atoms with Crippen LogP contribution in [0.4, 0.5) is 0 Å². The van der Waals surface area contributed by atoms with Crippen LogP contribution in [-0.4, -0.2) is 33.4 Å². The van der Waals surface area contributed by atoms with Gasteiger partial charge in [-0.15, -0.1) is 0 Å². The fourth-order valence-corrected chi connectivity index (χ4v) is 3.60. The number of benzene rings is 2. The first kappa shape index (κ1) is 16.6. The Hall–Kier alpha value is -2.88. The third-order valence-corrected chi connectivity index (χ3v) is 4.96. The van der Waals surface area contributed by atoms with E-state index in [4.69, 9.17) is 0 Å². The summed E-state index contributed by atoms with van der Waals surface area (Å²) in [6.07, 6.45) is 4.64. The van der Waals surface area contributed by atoms with Gasteiger partial charge in [-0.3, -0.25) is 4.79 Å². The van der Waals surface area contributed by atoms with Gasteiger partial charge in [0, 0.05) is 37.2 Å². The average molecular weight is 345 g/mol. The topological polar surface area (TPSA) is 38.1 Å². The number of nitrogens with zero attached hydrogens (tertiary/aromatic N) is 3. The highest BCUT2D eigenvalue weighted by Crippen LogP contribution is 2.31. The van der Waals surface area contributed by atoms with Crippen molar-refractivity contribution in [1.82, 2.24) is 14.5 Å². The molecule has 1 aromatic heterocycles. The molecule has 4 rings (SSSR count). The SMILES string of the molecule is O=C(CCn1cnc(-c2ccccc2)c1-c1ccccc1)N1CCCC1. The van der Waals surface area contributed by atoms with Gasteiger partial charge in [0.05, 0.1) is 17.7 Å². The zero-order valence-electron chi connectivity index (χ0n) is 14.8. The maximum atomic E-state index is 12.4. The van der Waals surface area contributed by atoms with Crippen molar-refractivity contribution in [1.29, 1.82) is 0 Å². The molecule has 0 N–H and O–H groups in total. The predicted octanol–water partition coefficient (Wildman–Crippen LogP) is 4.23. The Kier molecular flexibility index (Phi) is 4.82. The number of amides is 1. The van der Waals surface area contributed by atoms with Gasteiger partial charge in [0.25, 0.3) is 0 Å². The lowest BCUT2D eigenvalue weighted by Crippen LogP contribution is -2.28. The molecule has 1 saturated heterocycles. The molecule has 0 atom stereocenters. The van der Waals surface area contributed by atoms with Crippen LogP contribution in [0.25, 0.3) is 22.5 Å². The summed E-state index contributed by atoms with van der Waals surface area (Å²) >= 11 is 0. The molecule has 4 heteroatoms. The van der Waals surface area contributed by atoms with Gasteiger partial charge in [0.15, 0.2) is 0 Å². The van der Waals surface area contributed by atoms with E-state index < -0.39 is 0 Å². The fourth-order valence-electron chi connectivity index (χ4n) is 3.60. The lowest BCUT2D eigenvalue weighted by Gasteiger charge is -2.16. The van der Waals surface area contributed by atoms with E-state index in [-0.39, 0.29) is 5.91 Å². The first-order chi connectivity index (χ1) is 12.8. The maximum absolute atomic E-state index is 12.4. The predicted molar refractivity (Wildman–Crippen MR) is 104 cm³/mol. The van der Waals surface area contributed by atoms with Gasteiger partial charge < -0.3 is 9.47 Å². The summed E-state index contributed by atoms with van der Waals surface area (Å²) in [5.41, 5.74) is 4.25. The molecule has 132 valence electrons. The summed E-state index contributed by atoms with van der Waals surface area (Å²) in [4.78, 5) is 19.1. The average Bonchev–Trinajstić information content (AvgIpc) is 3.37. The molecule has 2 aromatic carbocycles. The van der Waals surface area contributed by atoms with Crippen molar-refractivity contribution in [2.24, 2.45) is 0 Å². The number of imidazole rings is 1. The number of rotatable bonds is 5. The number of hydrogen-bond acceptors (Lipinski definition) is 2. The molecule has 3 aromatic rings. The Balaban J connectivity index is 1.64. The molecular formula is C22H23N3O. The van der Waals surface area contributed by atoms with Crippen molar-refractivity contribution in [3.8, 4) is 22.5 Å². The van der Waals surface area contributed by atoms with E-state index in [1.54, 1.807) is 0 Å². The van der Waals surface area contributed by atoms with E-state index in [1.807, 2.05) is 47.6 Å². The highest BCUT2D eigenvalue weighted by Gasteiger charge is 2.19. The van der Waals surface area contributed by atoms with Gasteiger partial charge in [-0.1, -0.05) is 60.7 Å². The molecule has 0 aliphatic carbocycles. The van der Waals surface area contributed by atoms with E-state index in [9.17, 15) is 4.79 Å². The standard InChI is InChI=1S/C22H23N3O/c26-20(24-14-7-8-15-24)13-16-25-17-23-21(18-9-3-1-4-10-18)22(25)19-11-5-2-6-12-19/h1-6,9-12,17H,7-8,13-16H2. The van der Waals surface area contributed by atoms with E-state index in [2.05, 4.69) is 33.8 Å². The summed E-state index contributed by atoms with van der Waals surface area (Å²) in [6.45, 7) is 2.46. The van der Waals surface area contributed by atoms with E-state index >= 15 is 0 Å². The van der Waals surface area contributed by atoms with Crippen LogP contribution in [0, 0.1) is 0 Å². The van der Waals surface area contributed by atoms with Crippen molar-refractivity contribution < 1.29 is 4.79 Å². The zero-order chi connectivity index (χ0) is 17.8. The summed E-state index contributed by atoms with van der Waals surface area (Å²) in [6, 6.07) is 20.5. The number of carbonyl (C=O) groups is 1. The normalized spacial score (nSPS) is 13.9. The van der Waals surface area contributed by atoms with E-state index in [0.29, 0.717) is 13.0 Å². The number of hydrogen-bond donors (Lipinski definition) is 0. The highest BCUT2D eigenvalue weighted by molar-refractivity contribution is 5.79. The van der Waals surface area contributed by atoms with Gasteiger partial charge in [0.1, 0.15) is 0 Å². The Morgan fingerprint density at radius 2 is 1.50 bits per heavy atom. The second kappa shape index (κ2) is 7.56. The van der Waals surface area contributed by atoms with E-state index in [1.165, 1.54) is 0 Å². The molecular weight excluding hydrogens is 322 g/mol. The zero-order valence-corrected chi connectivity index (χ0v) is 14.8.